The van der Waals surface area contributed by atoms with Gasteiger partial charge in [0.15, 0.2) is 0 Å². The van der Waals surface area contributed by atoms with Gasteiger partial charge in [0.2, 0.25) is 10.0 Å². The van der Waals surface area contributed by atoms with E-state index in [9.17, 15) is 13.2 Å². The highest BCUT2D eigenvalue weighted by atomic mass is 35.5. The highest BCUT2D eigenvalue weighted by molar-refractivity contribution is 7.89. The van der Waals surface area contributed by atoms with Crippen molar-refractivity contribution in [2.75, 3.05) is 26.2 Å². The summed E-state index contributed by atoms with van der Waals surface area (Å²) in [6, 6.07) is 5.27. The van der Waals surface area contributed by atoms with Crippen molar-refractivity contribution in [1.82, 2.24) is 9.62 Å². The molecule has 6 nitrogen and oxygen atoms in total. The minimum atomic E-state index is -3.50. The molecule has 0 atom stereocenters. The minimum absolute atomic E-state index is 0. The highest BCUT2D eigenvalue weighted by Crippen LogP contribution is 2.16. The van der Waals surface area contributed by atoms with Crippen LogP contribution < -0.4 is 5.32 Å². The van der Waals surface area contributed by atoms with Gasteiger partial charge in [-0.15, -0.1) is 12.4 Å². The molecule has 0 aromatic heterocycles. The molecule has 19 heavy (non-hydrogen) atoms. The van der Waals surface area contributed by atoms with Crippen LogP contribution in [0.2, 0.25) is 0 Å². The molecule has 0 unspecified atom stereocenters. The van der Waals surface area contributed by atoms with E-state index in [0.717, 1.165) is 0 Å². The number of hydrogen-bond acceptors (Lipinski definition) is 4. The zero-order chi connectivity index (χ0) is 13.2. The Labute approximate surface area is 117 Å². The summed E-state index contributed by atoms with van der Waals surface area (Å²) in [7, 11) is -3.50. The lowest BCUT2D eigenvalue weighted by molar-refractivity contribution is 0.0696. The molecule has 1 aliphatic heterocycles. The van der Waals surface area contributed by atoms with Gasteiger partial charge in [0, 0.05) is 26.2 Å². The molecular weight excluding hydrogens is 292 g/mol. The standard InChI is InChI=1S/C11H14N2O4S.ClH/c14-11(15)9-1-3-10(4-2-9)18(16,17)13-7-5-12-6-8-13;/h1-4,12H,5-8H2,(H,14,15);1H. The maximum absolute atomic E-state index is 12.2. The molecule has 106 valence electrons. The third kappa shape index (κ3) is 3.44. The molecular formula is C11H15ClN2O4S. The first-order valence-electron chi connectivity index (χ1n) is 5.56. The summed E-state index contributed by atoms with van der Waals surface area (Å²) in [5.74, 6) is -1.07. The molecule has 0 amide bonds. The summed E-state index contributed by atoms with van der Waals surface area (Å²) in [5.41, 5.74) is 0.0780. The summed E-state index contributed by atoms with van der Waals surface area (Å²) in [6.45, 7) is 2.13. The summed E-state index contributed by atoms with van der Waals surface area (Å²) in [6.07, 6.45) is 0. The molecule has 0 spiro atoms. The van der Waals surface area contributed by atoms with Crippen LogP contribution in [0.5, 0.6) is 0 Å². The fraction of sp³-hybridized carbons (Fsp3) is 0.364. The van der Waals surface area contributed by atoms with Gasteiger partial charge in [-0.2, -0.15) is 4.31 Å². The predicted molar refractivity (Wildman–Crippen MR) is 72.3 cm³/mol. The van der Waals surface area contributed by atoms with Crippen molar-refractivity contribution in [2.45, 2.75) is 4.90 Å². The molecule has 0 radical (unpaired) electrons. The second kappa shape index (κ2) is 6.33. The number of carboxylic acid groups (broad SMARTS) is 1. The second-order valence-electron chi connectivity index (χ2n) is 3.98. The number of sulfonamides is 1. The van der Waals surface area contributed by atoms with Crippen LogP contribution in [0.25, 0.3) is 0 Å². The van der Waals surface area contributed by atoms with Gasteiger partial charge in [-0.3, -0.25) is 0 Å². The fourth-order valence-corrected chi connectivity index (χ4v) is 3.24. The number of benzene rings is 1. The number of carbonyl (C=O) groups is 1. The molecule has 1 heterocycles. The maximum Gasteiger partial charge on any atom is 0.335 e. The summed E-state index contributed by atoms with van der Waals surface area (Å²) in [4.78, 5) is 10.8. The number of carboxylic acids is 1. The van der Waals surface area contributed by atoms with Crippen molar-refractivity contribution in [3.8, 4) is 0 Å². The maximum atomic E-state index is 12.2. The largest absolute Gasteiger partial charge is 0.478 e. The minimum Gasteiger partial charge on any atom is -0.478 e. The number of halogens is 1. The van der Waals surface area contributed by atoms with Crippen LogP contribution in [-0.4, -0.2) is 50.0 Å². The summed E-state index contributed by atoms with van der Waals surface area (Å²) in [5, 5.41) is 11.8. The fourth-order valence-electron chi connectivity index (χ4n) is 1.80. The Hall–Kier alpha value is -1.15. The Morgan fingerprint density at radius 3 is 2.16 bits per heavy atom. The van der Waals surface area contributed by atoms with E-state index in [0.29, 0.717) is 26.2 Å². The Balaban J connectivity index is 0.00000180. The van der Waals surface area contributed by atoms with Gasteiger partial charge in [0.05, 0.1) is 10.5 Å². The topological polar surface area (TPSA) is 86.7 Å². The first-order valence-corrected chi connectivity index (χ1v) is 7.00. The molecule has 1 fully saturated rings. The van der Waals surface area contributed by atoms with Gasteiger partial charge in [-0.05, 0) is 24.3 Å². The van der Waals surface area contributed by atoms with Crippen molar-refractivity contribution >= 4 is 28.4 Å². The smallest absolute Gasteiger partial charge is 0.335 e. The third-order valence-electron chi connectivity index (χ3n) is 2.82. The predicted octanol–water partition coefficient (Wildman–Crippen LogP) is 0.400. The summed E-state index contributed by atoms with van der Waals surface area (Å²) < 4.78 is 25.8. The Morgan fingerprint density at radius 2 is 1.68 bits per heavy atom. The zero-order valence-corrected chi connectivity index (χ0v) is 11.7. The van der Waals surface area contributed by atoms with Crippen LogP contribution in [0.4, 0.5) is 0 Å². The highest BCUT2D eigenvalue weighted by Gasteiger charge is 2.25. The van der Waals surface area contributed by atoms with Crippen molar-refractivity contribution < 1.29 is 18.3 Å². The number of piperazine rings is 1. The van der Waals surface area contributed by atoms with Gasteiger partial charge < -0.3 is 10.4 Å². The van der Waals surface area contributed by atoms with E-state index in [1.165, 1.54) is 28.6 Å². The van der Waals surface area contributed by atoms with Crippen LogP contribution in [0.3, 0.4) is 0 Å². The van der Waals surface area contributed by atoms with Gasteiger partial charge in [-0.25, -0.2) is 13.2 Å². The van der Waals surface area contributed by atoms with Gasteiger partial charge in [0.1, 0.15) is 0 Å². The van der Waals surface area contributed by atoms with Crippen LogP contribution in [0.15, 0.2) is 29.2 Å². The first-order chi connectivity index (χ1) is 8.51. The molecule has 0 saturated carbocycles. The second-order valence-corrected chi connectivity index (χ2v) is 5.92. The molecule has 1 aliphatic rings. The van der Waals surface area contributed by atoms with E-state index >= 15 is 0 Å². The zero-order valence-electron chi connectivity index (χ0n) is 10.1. The molecule has 2 N–H and O–H groups in total. The lowest BCUT2D eigenvalue weighted by Crippen LogP contribution is -2.46. The SMILES string of the molecule is Cl.O=C(O)c1ccc(S(=O)(=O)N2CCNCC2)cc1. The van der Waals surface area contributed by atoms with Gasteiger partial charge in [0.25, 0.3) is 0 Å². The van der Waals surface area contributed by atoms with Crippen molar-refractivity contribution in [1.29, 1.82) is 0 Å². The molecule has 1 saturated heterocycles. The molecule has 1 aromatic rings. The normalized spacial score (nSPS) is 16.6. The van der Waals surface area contributed by atoms with Crippen LogP contribution >= 0.6 is 12.4 Å². The first kappa shape index (κ1) is 15.9. The number of hydrogen-bond donors (Lipinski definition) is 2. The Kier molecular flexibility index (Phi) is 5.30. The van der Waals surface area contributed by atoms with Crippen LogP contribution in [0, 0.1) is 0 Å². The van der Waals surface area contributed by atoms with Crippen molar-refractivity contribution in [3.05, 3.63) is 29.8 Å². The van der Waals surface area contributed by atoms with E-state index in [-0.39, 0.29) is 22.9 Å². The average molecular weight is 307 g/mol. The van der Waals surface area contributed by atoms with Crippen LogP contribution in [-0.2, 0) is 10.0 Å². The number of nitrogens with one attached hydrogen (secondary N) is 1. The van der Waals surface area contributed by atoms with Crippen molar-refractivity contribution in [2.24, 2.45) is 0 Å². The van der Waals surface area contributed by atoms with E-state index in [1.54, 1.807) is 0 Å². The Bertz CT molecular complexity index is 538. The van der Waals surface area contributed by atoms with E-state index < -0.39 is 16.0 Å². The lowest BCUT2D eigenvalue weighted by atomic mass is 10.2. The average Bonchev–Trinajstić information content (AvgIpc) is 2.40. The molecule has 2 rings (SSSR count). The lowest BCUT2D eigenvalue weighted by Gasteiger charge is -2.26. The third-order valence-corrected chi connectivity index (χ3v) is 4.73. The molecule has 0 aliphatic carbocycles. The van der Waals surface area contributed by atoms with E-state index in [2.05, 4.69) is 5.32 Å². The number of nitrogens with zero attached hydrogens (tertiary/aromatic N) is 1. The number of rotatable bonds is 3. The van der Waals surface area contributed by atoms with Crippen LogP contribution in [0.1, 0.15) is 10.4 Å². The number of aromatic carboxylic acids is 1. The monoisotopic (exact) mass is 306 g/mol. The van der Waals surface area contributed by atoms with Gasteiger partial charge >= 0.3 is 5.97 Å². The van der Waals surface area contributed by atoms with Gasteiger partial charge in [-0.1, -0.05) is 0 Å². The van der Waals surface area contributed by atoms with Crippen molar-refractivity contribution in [3.63, 3.8) is 0 Å². The van der Waals surface area contributed by atoms with E-state index in [4.69, 9.17) is 5.11 Å². The molecule has 0 bridgehead atoms. The molecule has 1 aromatic carbocycles. The summed E-state index contributed by atoms with van der Waals surface area (Å²) >= 11 is 0. The van der Waals surface area contributed by atoms with E-state index in [1.807, 2.05) is 0 Å². The Morgan fingerprint density at radius 1 is 1.16 bits per heavy atom. The molecule has 8 heteroatoms. The quantitative estimate of drug-likeness (QED) is 0.844.